The van der Waals surface area contributed by atoms with Gasteiger partial charge in [-0.1, -0.05) is 23.8 Å². The molecule has 2 amide bonds. The van der Waals surface area contributed by atoms with Crippen LogP contribution < -0.4 is 10.6 Å². The van der Waals surface area contributed by atoms with E-state index in [4.69, 9.17) is 0 Å². The van der Waals surface area contributed by atoms with E-state index >= 15 is 0 Å². The highest BCUT2D eigenvalue weighted by Gasteiger charge is 2.30. The van der Waals surface area contributed by atoms with Crippen molar-refractivity contribution in [2.24, 2.45) is 0 Å². The first-order valence-corrected chi connectivity index (χ1v) is 10.1. The van der Waals surface area contributed by atoms with Crippen LogP contribution in [0.15, 0.2) is 53.7 Å². The quantitative estimate of drug-likeness (QED) is 0.729. The zero-order valence-electron chi connectivity index (χ0n) is 15.5. The van der Waals surface area contributed by atoms with E-state index in [1.165, 1.54) is 24.5 Å². The van der Waals surface area contributed by atoms with Crippen molar-refractivity contribution in [1.82, 2.24) is 15.6 Å². The van der Waals surface area contributed by atoms with Gasteiger partial charge in [0.15, 0.2) is 9.84 Å². The lowest BCUT2D eigenvalue weighted by Crippen LogP contribution is -2.44. The molecular weight excluding hydrogens is 366 g/mol. The molecule has 1 atom stereocenters. The summed E-state index contributed by atoms with van der Waals surface area (Å²) in [6.45, 7) is 5.08. The van der Waals surface area contributed by atoms with Crippen LogP contribution in [0.3, 0.4) is 0 Å². The molecule has 8 heteroatoms. The Morgan fingerprint density at radius 1 is 1.07 bits per heavy atom. The minimum absolute atomic E-state index is 0.142. The summed E-state index contributed by atoms with van der Waals surface area (Å²) >= 11 is 0. The van der Waals surface area contributed by atoms with Crippen molar-refractivity contribution >= 4 is 21.7 Å². The van der Waals surface area contributed by atoms with Gasteiger partial charge in [-0.2, -0.15) is 0 Å². The summed E-state index contributed by atoms with van der Waals surface area (Å²) in [7, 11) is -3.80. The number of hydrogen-bond acceptors (Lipinski definition) is 5. The fourth-order valence-electron chi connectivity index (χ4n) is 2.46. The Hall–Kier alpha value is -2.74. The van der Waals surface area contributed by atoms with Crippen molar-refractivity contribution in [2.45, 2.75) is 37.0 Å². The molecule has 0 saturated heterocycles. The number of benzene rings is 1. The molecule has 2 rings (SSSR count). The van der Waals surface area contributed by atoms with Crippen LogP contribution in [0.25, 0.3) is 0 Å². The summed E-state index contributed by atoms with van der Waals surface area (Å²) in [5.41, 5.74) is 1.37. The van der Waals surface area contributed by atoms with E-state index in [0.717, 1.165) is 5.56 Å². The second-order valence-electron chi connectivity index (χ2n) is 6.47. The molecule has 0 unspecified atom stereocenters. The van der Waals surface area contributed by atoms with Gasteiger partial charge in [-0.3, -0.25) is 14.6 Å². The second kappa shape index (κ2) is 8.77. The van der Waals surface area contributed by atoms with E-state index in [2.05, 4.69) is 15.6 Å². The monoisotopic (exact) mass is 389 g/mol. The van der Waals surface area contributed by atoms with Crippen LogP contribution in [0.2, 0.25) is 0 Å². The molecule has 0 aliphatic heterocycles. The Labute approximate surface area is 159 Å². The third kappa shape index (κ3) is 5.37. The largest absolute Gasteiger partial charge is 0.346 e. The Morgan fingerprint density at radius 3 is 2.30 bits per heavy atom. The number of hydrogen-bond donors (Lipinski definition) is 2. The smallest absolute Gasteiger partial charge is 0.309 e. The third-order valence-corrected chi connectivity index (χ3v) is 5.97. The first-order valence-electron chi connectivity index (χ1n) is 8.51. The Bertz CT molecular complexity index is 894. The number of pyridine rings is 1. The molecule has 0 bridgehead atoms. The first kappa shape index (κ1) is 20.6. The Kier molecular flexibility index (Phi) is 6.68. The number of aryl methyl sites for hydroxylation is 1. The van der Waals surface area contributed by atoms with Crippen molar-refractivity contribution in [3.05, 3.63) is 59.9 Å². The van der Waals surface area contributed by atoms with Crippen molar-refractivity contribution in [3.8, 4) is 0 Å². The standard InChI is InChI=1S/C19H23N3O4S/c1-13(2)22-19(24)18(23)21-12-17(15-5-4-10-20-11-15)27(25,26)16-8-6-14(3)7-9-16/h4-11,13,17H,12H2,1-3H3,(H,21,23)(H,22,24)/t17-/m0/s1. The molecule has 7 nitrogen and oxygen atoms in total. The number of carbonyl (C=O) groups excluding carboxylic acids is 2. The van der Waals surface area contributed by atoms with E-state index in [9.17, 15) is 18.0 Å². The Morgan fingerprint density at radius 2 is 1.74 bits per heavy atom. The van der Waals surface area contributed by atoms with E-state index in [0.29, 0.717) is 5.56 Å². The molecule has 1 aromatic carbocycles. The second-order valence-corrected chi connectivity index (χ2v) is 8.60. The van der Waals surface area contributed by atoms with Gasteiger partial charge in [0.05, 0.1) is 4.90 Å². The summed E-state index contributed by atoms with van der Waals surface area (Å²) in [5.74, 6) is -1.68. The van der Waals surface area contributed by atoms with Crippen LogP contribution in [0.4, 0.5) is 0 Å². The van der Waals surface area contributed by atoms with Crippen molar-refractivity contribution in [2.75, 3.05) is 6.54 Å². The minimum Gasteiger partial charge on any atom is -0.346 e. The number of sulfone groups is 1. The van der Waals surface area contributed by atoms with Crippen LogP contribution in [-0.4, -0.2) is 37.8 Å². The van der Waals surface area contributed by atoms with Gasteiger partial charge in [0.1, 0.15) is 5.25 Å². The number of nitrogens with zero attached hydrogens (tertiary/aromatic N) is 1. The molecule has 0 fully saturated rings. The molecule has 2 N–H and O–H groups in total. The van der Waals surface area contributed by atoms with Gasteiger partial charge in [0.25, 0.3) is 0 Å². The van der Waals surface area contributed by atoms with Crippen LogP contribution in [0, 0.1) is 6.92 Å². The van der Waals surface area contributed by atoms with Gasteiger partial charge < -0.3 is 10.6 Å². The zero-order chi connectivity index (χ0) is 20.0. The van der Waals surface area contributed by atoms with E-state index in [1.54, 1.807) is 38.1 Å². The average molecular weight is 389 g/mol. The first-order chi connectivity index (χ1) is 12.7. The molecule has 0 radical (unpaired) electrons. The van der Waals surface area contributed by atoms with Crippen LogP contribution in [0.5, 0.6) is 0 Å². The van der Waals surface area contributed by atoms with E-state index in [1.807, 2.05) is 6.92 Å². The lowest BCUT2D eigenvalue weighted by atomic mass is 10.2. The molecule has 0 spiro atoms. The fourth-order valence-corrected chi connectivity index (χ4v) is 4.10. The molecule has 144 valence electrons. The average Bonchev–Trinajstić information content (AvgIpc) is 2.62. The van der Waals surface area contributed by atoms with Crippen LogP contribution in [0.1, 0.15) is 30.2 Å². The zero-order valence-corrected chi connectivity index (χ0v) is 16.3. The summed E-state index contributed by atoms with van der Waals surface area (Å²) in [5, 5.41) is 3.82. The third-order valence-electron chi connectivity index (χ3n) is 3.85. The van der Waals surface area contributed by atoms with Crippen molar-refractivity contribution in [1.29, 1.82) is 0 Å². The maximum absolute atomic E-state index is 13.1. The number of carbonyl (C=O) groups is 2. The fraction of sp³-hybridized carbons (Fsp3) is 0.316. The van der Waals surface area contributed by atoms with Gasteiger partial charge >= 0.3 is 11.8 Å². The van der Waals surface area contributed by atoms with Crippen molar-refractivity contribution < 1.29 is 18.0 Å². The lowest BCUT2D eigenvalue weighted by molar-refractivity contribution is -0.139. The number of aromatic nitrogens is 1. The van der Waals surface area contributed by atoms with Gasteiger partial charge in [-0.15, -0.1) is 0 Å². The highest BCUT2D eigenvalue weighted by Crippen LogP contribution is 2.28. The SMILES string of the molecule is Cc1ccc(S(=O)(=O)[C@@H](CNC(=O)C(=O)NC(C)C)c2cccnc2)cc1. The topological polar surface area (TPSA) is 105 Å². The number of amides is 2. The summed E-state index contributed by atoms with van der Waals surface area (Å²) in [6, 6.07) is 9.53. The number of rotatable bonds is 6. The normalized spacial score (nSPS) is 12.4. The van der Waals surface area contributed by atoms with Gasteiger partial charge in [-0.05, 0) is 44.5 Å². The molecule has 0 aliphatic carbocycles. The summed E-state index contributed by atoms with van der Waals surface area (Å²) in [4.78, 5) is 27.9. The maximum Gasteiger partial charge on any atom is 0.309 e. The lowest BCUT2D eigenvalue weighted by Gasteiger charge is -2.19. The van der Waals surface area contributed by atoms with Crippen LogP contribution in [-0.2, 0) is 19.4 Å². The van der Waals surface area contributed by atoms with Crippen molar-refractivity contribution in [3.63, 3.8) is 0 Å². The van der Waals surface area contributed by atoms with E-state index < -0.39 is 26.9 Å². The highest BCUT2D eigenvalue weighted by molar-refractivity contribution is 7.91. The molecule has 0 saturated carbocycles. The maximum atomic E-state index is 13.1. The van der Waals surface area contributed by atoms with Gasteiger partial charge in [-0.25, -0.2) is 8.42 Å². The minimum atomic E-state index is -3.80. The van der Waals surface area contributed by atoms with E-state index in [-0.39, 0.29) is 17.5 Å². The molecule has 1 aromatic heterocycles. The summed E-state index contributed by atoms with van der Waals surface area (Å²) in [6.07, 6.45) is 2.98. The molecule has 1 heterocycles. The highest BCUT2D eigenvalue weighted by atomic mass is 32.2. The predicted octanol–water partition coefficient (Wildman–Crippen LogP) is 1.55. The number of nitrogens with one attached hydrogen (secondary N) is 2. The molecular formula is C19H23N3O4S. The van der Waals surface area contributed by atoms with Gasteiger partial charge in [0.2, 0.25) is 0 Å². The Balaban J connectivity index is 2.29. The molecule has 2 aromatic rings. The van der Waals surface area contributed by atoms with Gasteiger partial charge in [0, 0.05) is 25.0 Å². The molecule has 0 aliphatic rings. The van der Waals surface area contributed by atoms with Crippen LogP contribution >= 0.6 is 0 Å². The predicted molar refractivity (Wildman–Crippen MR) is 102 cm³/mol. The molecule has 27 heavy (non-hydrogen) atoms. The summed E-state index contributed by atoms with van der Waals surface area (Å²) < 4.78 is 26.2.